The van der Waals surface area contributed by atoms with Crippen molar-refractivity contribution in [3.63, 3.8) is 0 Å². The largest absolute Gasteiger partial charge is 0.357 e. The van der Waals surface area contributed by atoms with E-state index >= 15 is 0 Å². The van der Waals surface area contributed by atoms with Gasteiger partial charge in [-0.05, 0) is 36.8 Å². The van der Waals surface area contributed by atoms with Crippen molar-refractivity contribution in [1.29, 1.82) is 0 Å². The fourth-order valence-electron chi connectivity index (χ4n) is 1.59. The molecule has 0 aliphatic rings. The molecule has 0 amide bonds. The zero-order chi connectivity index (χ0) is 14.2. The third-order valence-electron chi connectivity index (χ3n) is 2.66. The second-order valence-corrected chi connectivity index (χ2v) is 4.60. The van der Waals surface area contributed by atoms with Crippen LogP contribution in [-0.4, -0.2) is 15.8 Å². The summed E-state index contributed by atoms with van der Waals surface area (Å²) >= 11 is 5.17. The smallest absolute Gasteiger partial charge is 0.187 e. The zero-order valence-corrected chi connectivity index (χ0v) is 12.0. The Labute approximate surface area is 123 Å². The highest BCUT2D eigenvalue weighted by molar-refractivity contribution is 7.80. The molecule has 0 bridgehead atoms. The molecule has 0 saturated carbocycles. The fourth-order valence-corrected chi connectivity index (χ4v) is 1.70. The van der Waals surface area contributed by atoms with Crippen LogP contribution in [0.2, 0.25) is 0 Å². The van der Waals surface area contributed by atoms with E-state index in [9.17, 15) is 0 Å². The van der Waals surface area contributed by atoms with E-state index in [0.29, 0.717) is 11.7 Å². The van der Waals surface area contributed by atoms with Gasteiger partial charge in [-0.2, -0.15) is 5.10 Å². The van der Waals surface area contributed by atoms with Gasteiger partial charge in [-0.15, -0.1) is 0 Å². The van der Waals surface area contributed by atoms with Gasteiger partial charge in [0.2, 0.25) is 0 Å². The number of hydrogen-bond acceptors (Lipinski definition) is 3. The van der Waals surface area contributed by atoms with Crippen LogP contribution < -0.4 is 10.7 Å². The first-order valence-corrected chi connectivity index (χ1v) is 6.70. The molecule has 4 nitrogen and oxygen atoms in total. The Kier molecular flexibility index (Phi) is 5.20. The van der Waals surface area contributed by atoms with Crippen molar-refractivity contribution in [1.82, 2.24) is 15.7 Å². The molecule has 2 N–H and O–H groups in total. The lowest BCUT2D eigenvalue weighted by atomic mass is 10.2. The van der Waals surface area contributed by atoms with Gasteiger partial charge >= 0.3 is 0 Å². The van der Waals surface area contributed by atoms with E-state index in [1.807, 2.05) is 55.5 Å². The van der Waals surface area contributed by atoms with E-state index in [1.165, 1.54) is 5.56 Å². The summed E-state index contributed by atoms with van der Waals surface area (Å²) in [7, 11) is 0. The molecule has 5 heteroatoms. The number of rotatable bonds is 4. The molecule has 0 spiro atoms. The number of nitrogens with one attached hydrogen (secondary N) is 2. The van der Waals surface area contributed by atoms with Crippen LogP contribution in [0.1, 0.15) is 18.2 Å². The number of nitrogens with zero attached hydrogens (tertiary/aromatic N) is 2. The number of benzene rings is 1. The number of pyridine rings is 1. The normalized spacial score (nSPS) is 10.9. The molecular formula is C15H16N4S. The molecule has 20 heavy (non-hydrogen) atoms. The summed E-state index contributed by atoms with van der Waals surface area (Å²) in [5.41, 5.74) is 5.60. The lowest BCUT2D eigenvalue weighted by Crippen LogP contribution is -2.32. The molecule has 0 atom stereocenters. The summed E-state index contributed by atoms with van der Waals surface area (Å²) in [5, 5.41) is 7.80. The van der Waals surface area contributed by atoms with Crippen molar-refractivity contribution in [2.45, 2.75) is 13.5 Å². The van der Waals surface area contributed by atoms with Gasteiger partial charge in [-0.25, -0.2) is 0 Å². The first-order valence-electron chi connectivity index (χ1n) is 6.29. The molecule has 2 rings (SSSR count). The van der Waals surface area contributed by atoms with Crippen molar-refractivity contribution in [2.24, 2.45) is 5.10 Å². The Morgan fingerprint density at radius 2 is 1.90 bits per heavy atom. The van der Waals surface area contributed by atoms with Gasteiger partial charge in [0, 0.05) is 12.7 Å². The second-order valence-electron chi connectivity index (χ2n) is 4.19. The van der Waals surface area contributed by atoms with Gasteiger partial charge in [0.05, 0.1) is 11.4 Å². The average Bonchev–Trinajstić information content (AvgIpc) is 2.52. The molecule has 0 saturated heterocycles. The molecule has 0 radical (unpaired) electrons. The maximum atomic E-state index is 5.17. The average molecular weight is 284 g/mol. The maximum absolute atomic E-state index is 5.17. The predicted octanol–water partition coefficient (Wildman–Crippen LogP) is 2.47. The number of thiocarbonyl (C=S) groups is 1. The van der Waals surface area contributed by atoms with Crippen LogP contribution in [0.15, 0.2) is 59.8 Å². The standard InChI is InChI=1S/C15H16N4S/c1-12(14-9-5-6-10-16-14)18-19-15(20)17-11-13-7-3-2-4-8-13/h2-10H,11H2,1H3,(H2,17,19,20)/b18-12+. The summed E-state index contributed by atoms with van der Waals surface area (Å²) < 4.78 is 0. The van der Waals surface area contributed by atoms with Crippen LogP contribution in [0.25, 0.3) is 0 Å². The fraction of sp³-hybridized carbons (Fsp3) is 0.133. The topological polar surface area (TPSA) is 49.3 Å². The molecule has 2 aromatic rings. The van der Waals surface area contributed by atoms with Gasteiger partial charge < -0.3 is 5.32 Å². The third-order valence-corrected chi connectivity index (χ3v) is 2.89. The Hall–Kier alpha value is -2.27. The van der Waals surface area contributed by atoms with Crippen molar-refractivity contribution in [2.75, 3.05) is 0 Å². The van der Waals surface area contributed by atoms with Crippen LogP contribution in [0, 0.1) is 0 Å². The highest BCUT2D eigenvalue weighted by atomic mass is 32.1. The minimum Gasteiger partial charge on any atom is -0.357 e. The van der Waals surface area contributed by atoms with Gasteiger partial charge in [-0.1, -0.05) is 36.4 Å². The summed E-state index contributed by atoms with van der Waals surface area (Å²) in [6.07, 6.45) is 1.74. The molecule has 0 unspecified atom stereocenters. The third kappa shape index (κ3) is 4.44. The molecule has 0 fully saturated rings. The van der Waals surface area contributed by atoms with Crippen LogP contribution in [0.5, 0.6) is 0 Å². The van der Waals surface area contributed by atoms with Gasteiger partial charge in [0.25, 0.3) is 0 Å². The van der Waals surface area contributed by atoms with Gasteiger partial charge in [0.15, 0.2) is 5.11 Å². The maximum Gasteiger partial charge on any atom is 0.187 e. The first kappa shape index (κ1) is 14.1. The molecule has 0 aliphatic carbocycles. The second kappa shape index (κ2) is 7.35. The summed E-state index contributed by atoms with van der Waals surface area (Å²) in [5.74, 6) is 0. The minimum absolute atomic E-state index is 0.490. The van der Waals surface area contributed by atoms with E-state index in [2.05, 4.69) is 20.8 Å². The van der Waals surface area contributed by atoms with Crippen molar-refractivity contribution in [3.05, 3.63) is 66.0 Å². The Balaban J connectivity index is 1.83. The first-order chi connectivity index (χ1) is 9.75. The Morgan fingerprint density at radius 1 is 1.15 bits per heavy atom. The van der Waals surface area contributed by atoms with E-state index in [1.54, 1.807) is 6.20 Å². The van der Waals surface area contributed by atoms with E-state index in [0.717, 1.165) is 11.4 Å². The monoisotopic (exact) mass is 284 g/mol. The van der Waals surface area contributed by atoms with Crippen LogP contribution in [-0.2, 0) is 6.54 Å². The molecule has 0 aliphatic heterocycles. The number of aromatic nitrogens is 1. The molecule has 1 aromatic carbocycles. The summed E-state index contributed by atoms with van der Waals surface area (Å²) in [4.78, 5) is 4.22. The summed E-state index contributed by atoms with van der Waals surface area (Å²) in [6, 6.07) is 15.8. The Bertz CT molecular complexity index is 581. The number of hydrazone groups is 1. The van der Waals surface area contributed by atoms with Gasteiger partial charge in [-0.3, -0.25) is 10.4 Å². The van der Waals surface area contributed by atoms with Crippen LogP contribution in [0.3, 0.4) is 0 Å². The van der Waals surface area contributed by atoms with E-state index in [-0.39, 0.29) is 0 Å². The molecule has 1 heterocycles. The van der Waals surface area contributed by atoms with Crippen LogP contribution >= 0.6 is 12.2 Å². The lowest BCUT2D eigenvalue weighted by Gasteiger charge is -2.07. The van der Waals surface area contributed by atoms with E-state index < -0.39 is 0 Å². The van der Waals surface area contributed by atoms with Crippen molar-refractivity contribution >= 4 is 23.0 Å². The molecule has 102 valence electrons. The minimum atomic E-state index is 0.490. The highest BCUT2D eigenvalue weighted by Crippen LogP contribution is 1.97. The predicted molar refractivity (Wildman–Crippen MR) is 85.5 cm³/mol. The SMILES string of the molecule is C/C(=N\NC(=S)NCc1ccccc1)c1ccccn1. The van der Waals surface area contributed by atoms with Crippen molar-refractivity contribution in [3.8, 4) is 0 Å². The van der Waals surface area contributed by atoms with Crippen LogP contribution in [0.4, 0.5) is 0 Å². The molecular weight excluding hydrogens is 268 g/mol. The zero-order valence-electron chi connectivity index (χ0n) is 11.2. The van der Waals surface area contributed by atoms with E-state index in [4.69, 9.17) is 12.2 Å². The van der Waals surface area contributed by atoms with Crippen molar-refractivity contribution < 1.29 is 0 Å². The Morgan fingerprint density at radius 3 is 2.60 bits per heavy atom. The quantitative estimate of drug-likeness (QED) is 0.514. The number of hydrogen-bond donors (Lipinski definition) is 2. The summed E-state index contributed by atoms with van der Waals surface area (Å²) in [6.45, 7) is 2.56. The molecule has 1 aromatic heterocycles. The lowest BCUT2D eigenvalue weighted by molar-refractivity contribution is 0.866. The highest BCUT2D eigenvalue weighted by Gasteiger charge is 1.98. The van der Waals surface area contributed by atoms with Gasteiger partial charge in [0.1, 0.15) is 0 Å².